The predicted octanol–water partition coefficient (Wildman–Crippen LogP) is 17.0. The number of rotatable bonds is 15. The molecule has 0 amide bonds. The van der Waals surface area contributed by atoms with Crippen LogP contribution in [0, 0.1) is 17.8 Å². The maximum atomic E-state index is 15.8. The lowest BCUT2D eigenvalue weighted by atomic mass is 9.72. The second-order valence-electron chi connectivity index (χ2n) is 22.2. The van der Waals surface area contributed by atoms with Crippen molar-refractivity contribution in [1.82, 2.24) is 19.6 Å². The summed E-state index contributed by atoms with van der Waals surface area (Å²) in [5.41, 5.74) is 3.50. The number of aromatic nitrogens is 4. The predicted molar refractivity (Wildman–Crippen MR) is 302 cm³/mol. The Morgan fingerprint density at radius 2 is 0.875 bits per heavy atom. The minimum atomic E-state index is -1.15. The van der Waals surface area contributed by atoms with Crippen LogP contribution in [-0.2, 0) is 10.8 Å². The zero-order valence-electron chi connectivity index (χ0n) is 42.9. The summed E-state index contributed by atoms with van der Waals surface area (Å²) < 4.78 is 14.5. The van der Waals surface area contributed by atoms with Crippen LogP contribution in [0.3, 0.4) is 0 Å². The number of ether oxygens (including phenoxy) is 2. The van der Waals surface area contributed by atoms with Crippen molar-refractivity contribution >= 4 is 92.6 Å². The lowest BCUT2D eigenvalue weighted by molar-refractivity contribution is 0.283. The molecule has 0 saturated heterocycles. The number of nitrogens with one attached hydrogen (secondary N) is 4. The molecule has 0 unspecified atom stereocenters. The molecule has 0 bridgehead atoms. The molecule has 2 aromatic heterocycles. The molecule has 382 valence electrons. The van der Waals surface area contributed by atoms with E-state index in [-0.39, 0.29) is 85.9 Å². The fourth-order valence-electron chi connectivity index (χ4n) is 10.3. The van der Waals surface area contributed by atoms with E-state index in [0.717, 1.165) is 29.5 Å². The van der Waals surface area contributed by atoms with Gasteiger partial charge in [0, 0.05) is 10.0 Å². The number of methoxy groups -OCH3 is 2. The molecule has 0 aliphatic carbocycles. The number of aryl methyl sites for hydroxylation is 1. The van der Waals surface area contributed by atoms with E-state index in [2.05, 4.69) is 90.1 Å². The van der Waals surface area contributed by atoms with Gasteiger partial charge in [0.15, 0.2) is 0 Å². The fraction of sp³-hybridized carbons (Fsp3) is 0.357. The molecule has 7 aromatic rings. The number of hydrogen-bond acceptors (Lipinski definition) is 6. The number of aromatic amines is 2. The first-order chi connectivity index (χ1) is 33.5. The van der Waals surface area contributed by atoms with Gasteiger partial charge in [0.05, 0.1) is 62.7 Å². The highest BCUT2D eigenvalue weighted by Crippen LogP contribution is 2.45. The Kier molecular flexibility index (Phi) is 15.8. The molecule has 5 aromatic carbocycles. The Morgan fingerprint density at radius 3 is 1.19 bits per heavy atom. The number of nitrogens with zero attached hydrogens (tertiary/aromatic N) is 2. The topological polar surface area (TPSA) is 118 Å². The van der Waals surface area contributed by atoms with E-state index in [4.69, 9.17) is 79.1 Å². The van der Waals surface area contributed by atoms with Gasteiger partial charge >= 0.3 is 0 Å². The van der Waals surface area contributed by atoms with Crippen molar-refractivity contribution in [3.05, 3.63) is 169 Å². The van der Waals surface area contributed by atoms with Gasteiger partial charge < -0.3 is 20.1 Å². The molecule has 72 heavy (non-hydrogen) atoms. The summed E-state index contributed by atoms with van der Waals surface area (Å²) in [7, 11) is 3.16. The van der Waals surface area contributed by atoms with Crippen molar-refractivity contribution in [2.45, 2.75) is 106 Å². The second kappa shape index (κ2) is 20.8. The maximum Gasteiger partial charge on any atom is 0.277 e. The molecule has 0 aliphatic heterocycles. The first-order valence-electron chi connectivity index (χ1n) is 23.5. The molecule has 16 heteroatoms. The lowest BCUT2D eigenvalue weighted by Crippen LogP contribution is -2.26. The van der Waals surface area contributed by atoms with Crippen LogP contribution in [-0.4, -0.2) is 33.8 Å². The van der Waals surface area contributed by atoms with Gasteiger partial charge in [-0.1, -0.05) is 181 Å². The summed E-state index contributed by atoms with van der Waals surface area (Å²) in [6.07, 6.45) is 1.73. The van der Waals surface area contributed by atoms with Crippen LogP contribution in [0.2, 0.25) is 30.1 Å². The van der Waals surface area contributed by atoms with Crippen LogP contribution >= 0.6 is 69.6 Å². The summed E-state index contributed by atoms with van der Waals surface area (Å²) in [4.78, 5) is 31.7. The third-order valence-electron chi connectivity index (χ3n) is 12.7. The third kappa shape index (κ3) is 11.7. The number of H-pyrrole nitrogens is 2. The van der Waals surface area contributed by atoms with Crippen LogP contribution in [0.4, 0.5) is 23.0 Å². The summed E-state index contributed by atoms with van der Waals surface area (Å²) in [6.45, 7) is 24.0. The molecule has 0 spiro atoms. The monoisotopic (exact) mass is 1090 g/mol. The van der Waals surface area contributed by atoms with E-state index in [9.17, 15) is 0 Å². The third-order valence-corrected chi connectivity index (χ3v) is 14.3. The zero-order chi connectivity index (χ0) is 53.0. The zero-order valence-corrected chi connectivity index (χ0v) is 47.4. The highest BCUT2D eigenvalue weighted by molar-refractivity contribution is 6.41. The molecule has 0 atom stereocenters. The number of benzene rings is 5. The van der Waals surface area contributed by atoms with Crippen molar-refractivity contribution < 1.29 is 9.47 Å². The first-order valence-corrected chi connectivity index (χ1v) is 25.8. The number of anilines is 4. The number of hydrogen-bond donors (Lipinski definition) is 4. The summed E-state index contributed by atoms with van der Waals surface area (Å²) in [6, 6.07) is 25.6. The summed E-state index contributed by atoms with van der Waals surface area (Å²) in [5, 5.41) is 14.7. The molecule has 0 saturated carbocycles. The molecule has 10 nitrogen and oxygen atoms in total. The van der Waals surface area contributed by atoms with Crippen molar-refractivity contribution in [2.75, 3.05) is 24.9 Å². The van der Waals surface area contributed by atoms with Crippen LogP contribution in [0.5, 0.6) is 11.5 Å². The largest absolute Gasteiger partial charge is 0.495 e. The smallest absolute Gasteiger partial charge is 0.277 e. The van der Waals surface area contributed by atoms with Gasteiger partial charge in [-0.05, 0) is 107 Å². The first kappa shape index (κ1) is 54.8. The fourth-order valence-corrected chi connectivity index (χ4v) is 12.2. The van der Waals surface area contributed by atoms with Gasteiger partial charge in [-0.25, -0.2) is 9.36 Å². The Hall–Kier alpha value is -4.94. The Morgan fingerprint density at radius 1 is 0.528 bits per heavy atom. The van der Waals surface area contributed by atoms with E-state index in [1.165, 1.54) is 33.6 Å². The highest BCUT2D eigenvalue weighted by atomic mass is 35.5. The summed E-state index contributed by atoms with van der Waals surface area (Å²) >= 11 is 40.6. The second-order valence-corrected chi connectivity index (χ2v) is 24.7. The Bertz CT molecular complexity index is 3040. The average molecular weight is 1100 g/mol. The van der Waals surface area contributed by atoms with Gasteiger partial charge in [0.2, 0.25) is 0 Å². The van der Waals surface area contributed by atoms with E-state index in [1.54, 1.807) is 14.2 Å². The molecule has 0 radical (unpaired) electrons. The normalized spacial score (nSPS) is 12.4. The molecule has 2 heterocycles. The van der Waals surface area contributed by atoms with Crippen molar-refractivity contribution in [1.29, 1.82) is 0 Å². The van der Waals surface area contributed by atoms with E-state index in [0.29, 0.717) is 28.4 Å². The molecule has 7 rings (SSSR count). The van der Waals surface area contributed by atoms with E-state index in [1.807, 2.05) is 67.6 Å². The van der Waals surface area contributed by atoms with Gasteiger partial charge in [-0.3, -0.25) is 19.8 Å². The van der Waals surface area contributed by atoms with Crippen molar-refractivity contribution in [3.8, 4) is 22.9 Å². The van der Waals surface area contributed by atoms with Crippen LogP contribution in [0.15, 0.2) is 94.5 Å². The van der Waals surface area contributed by atoms with Gasteiger partial charge in [-0.2, -0.15) is 0 Å². The molecule has 4 N–H and O–H groups in total. The van der Waals surface area contributed by atoms with Crippen molar-refractivity contribution in [2.24, 2.45) is 10.8 Å². The van der Waals surface area contributed by atoms with E-state index < -0.39 is 17.0 Å². The minimum absolute atomic E-state index is 0.00859. The minimum Gasteiger partial charge on any atom is -0.495 e. The lowest BCUT2D eigenvalue weighted by Gasteiger charge is -2.33. The Labute approximate surface area is 452 Å². The average Bonchev–Trinajstić information content (AvgIpc) is 3.73. The standard InChI is InChI=1S/C56H62Cl6N6O4/c1-30-14-16-31(17-15-30)44(45-49(65-67(51(45)69)47-36(59)24-34(57)25-37(47)60)63-40-22-32(18-20-42(40)71-12)55(8,9)28-53(2,3)4)46-50(66-68(52(46)70)48-38(61)26-35(58)27-39(48)62)64-41-23-33(19-21-43(41)72-13)56(10,11)29-54(5,6)7/h14-27,44,63-66H,28-29H2,1-13H3. The SMILES string of the molecule is COc1ccc(C(C)(C)CC(C)(C)C)cc1Nc1[nH]n(-c2c(Cl)cc(Cl)cc2Cl)c(=O)c1C(c1ccc(C)cc1)c1c(Nc2cc(C(C)(C)CC(C)(C)C)ccc2OC)[nH]n(-c2c(Cl)cc(Cl)cc2Cl)c1=O. The van der Waals surface area contributed by atoms with Gasteiger partial charge in [0.25, 0.3) is 11.1 Å². The van der Waals surface area contributed by atoms with Crippen LogP contribution < -0.4 is 31.2 Å². The quantitative estimate of drug-likeness (QED) is 0.0812. The molecule has 0 aliphatic rings. The van der Waals surface area contributed by atoms with Crippen molar-refractivity contribution in [3.63, 3.8) is 0 Å². The van der Waals surface area contributed by atoms with Gasteiger partial charge in [0.1, 0.15) is 34.5 Å². The Balaban J connectivity index is 1.59. The molecular formula is C56H62Cl6N6O4. The number of halogens is 6. The van der Waals surface area contributed by atoms with Crippen LogP contribution in [0.1, 0.15) is 121 Å². The van der Waals surface area contributed by atoms with Crippen LogP contribution in [0.25, 0.3) is 11.4 Å². The molecule has 0 fully saturated rings. The van der Waals surface area contributed by atoms with E-state index >= 15 is 9.59 Å². The molecular weight excluding hydrogens is 1030 g/mol. The maximum absolute atomic E-state index is 15.8. The van der Waals surface area contributed by atoms with Gasteiger partial charge in [-0.15, -0.1) is 0 Å². The summed E-state index contributed by atoms with van der Waals surface area (Å²) in [5.74, 6) is 0.262. The highest BCUT2D eigenvalue weighted by Gasteiger charge is 2.36.